The number of hydrogen-bond donors (Lipinski definition) is 1. The van der Waals surface area contributed by atoms with Crippen molar-refractivity contribution in [1.29, 1.82) is 0 Å². The number of amides is 1. The van der Waals surface area contributed by atoms with Crippen LogP contribution in [0.2, 0.25) is 0 Å². The van der Waals surface area contributed by atoms with E-state index in [9.17, 15) is 23.3 Å². The van der Waals surface area contributed by atoms with Crippen LogP contribution in [0.5, 0.6) is 11.5 Å². The van der Waals surface area contributed by atoms with E-state index in [-0.39, 0.29) is 29.6 Å². The topological polar surface area (TPSA) is 128 Å². The highest BCUT2D eigenvalue weighted by atomic mass is 32.2. The Labute approximate surface area is 209 Å². The number of aryl methyl sites for hydroxylation is 1. The van der Waals surface area contributed by atoms with Crippen LogP contribution < -0.4 is 19.1 Å². The molecule has 0 aliphatic rings. The van der Waals surface area contributed by atoms with Crippen molar-refractivity contribution in [2.24, 2.45) is 0 Å². The summed E-state index contributed by atoms with van der Waals surface area (Å²) in [6.45, 7) is 2.47. The average molecular weight is 514 g/mol. The summed E-state index contributed by atoms with van der Waals surface area (Å²) in [5.74, 6) is 0.606. The molecule has 11 heteroatoms. The Morgan fingerprint density at radius 3 is 2.42 bits per heavy atom. The van der Waals surface area contributed by atoms with Gasteiger partial charge in [-0.25, -0.2) is 8.42 Å². The summed E-state index contributed by atoms with van der Waals surface area (Å²) in [6.07, 6.45) is 1.01. The maximum Gasteiger partial charge on any atom is 0.271 e. The van der Waals surface area contributed by atoms with Gasteiger partial charge in [-0.05, 0) is 48.4 Å². The van der Waals surface area contributed by atoms with Crippen LogP contribution >= 0.6 is 0 Å². The smallest absolute Gasteiger partial charge is 0.271 e. The molecule has 3 aromatic carbocycles. The molecule has 0 aromatic heterocycles. The number of sulfonamides is 1. The number of carbonyl (C=O) groups excluding carboxylic acids is 1. The molecule has 1 amide bonds. The van der Waals surface area contributed by atoms with Crippen molar-refractivity contribution in [2.45, 2.75) is 13.5 Å². The van der Waals surface area contributed by atoms with Crippen LogP contribution in [0.25, 0.3) is 0 Å². The van der Waals surface area contributed by atoms with Crippen molar-refractivity contribution in [3.8, 4) is 11.5 Å². The first-order valence-electron chi connectivity index (χ1n) is 10.9. The summed E-state index contributed by atoms with van der Waals surface area (Å²) in [6, 6.07) is 17.8. The molecule has 10 nitrogen and oxygen atoms in total. The number of carbonyl (C=O) groups is 1. The highest BCUT2D eigenvalue weighted by Crippen LogP contribution is 2.34. The molecule has 1 N–H and O–H groups in total. The molecule has 190 valence electrons. The lowest BCUT2D eigenvalue weighted by molar-refractivity contribution is -0.384. The van der Waals surface area contributed by atoms with Crippen LogP contribution in [-0.2, 0) is 16.6 Å². The lowest BCUT2D eigenvalue weighted by atomic mass is 10.1. The highest BCUT2D eigenvalue weighted by molar-refractivity contribution is 7.92. The number of benzene rings is 3. The fraction of sp³-hybridized carbons (Fsp3) is 0.240. The normalized spacial score (nSPS) is 11.0. The van der Waals surface area contributed by atoms with Crippen molar-refractivity contribution in [3.63, 3.8) is 0 Å². The maximum atomic E-state index is 12.6. The number of nitro benzene ring substituents is 1. The summed E-state index contributed by atoms with van der Waals surface area (Å²) in [5.41, 5.74) is 1.83. The zero-order valence-corrected chi connectivity index (χ0v) is 20.9. The Morgan fingerprint density at radius 2 is 1.81 bits per heavy atom. The third kappa shape index (κ3) is 6.95. The molecule has 0 saturated heterocycles. The van der Waals surface area contributed by atoms with Gasteiger partial charge in [-0.2, -0.15) is 0 Å². The summed E-state index contributed by atoms with van der Waals surface area (Å²) < 4.78 is 37.0. The molecule has 0 fully saturated rings. The van der Waals surface area contributed by atoms with Crippen LogP contribution in [0.15, 0.2) is 66.7 Å². The largest absolute Gasteiger partial charge is 0.495 e. The Hall–Kier alpha value is -4.12. The van der Waals surface area contributed by atoms with E-state index in [1.165, 1.54) is 19.2 Å². The van der Waals surface area contributed by atoms with Gasteiger partial charge in [0.15, 0.2) is 0 Å². The monoisotopic (exact) mass is 513 g/mol. The van der Waals surface area contributed by atoms with Gasteiger partial charge in [-0.1, -0.05) is 24.3 Å². The van der Waals surface area contributed by atoms with Gasteiger partial charge in [0.2, 0.25) is 10.0 Å². The average Bonchev–Trinajstić information content (AvgIpc) is 2.84. The molecule has 0 aliphatic carbocycles. The van der Waals surface area contributed by atoms with Crippen LogP contribution in [-0.4, -0.2) is 45.8 Å². The van der Waals surface area contributed by atoms with Gasteiger partial charge in [-0.15, -0.1) is 0 Å². The van der Waals surface area contributed by atoms with E-state index < -0.39 is 14.9 Å². The number of anilines is 1. The van der Waals surface area contributed by atoms with Crippen LogP contribution in [0.4, 0.5) is 11.4 Å². The SMILES string of the molecule is COc1ccc([N+](=O)[O-])cc1N(Cc1ccc(C(=O)NCCOc2cccc(C)c2)cc1)S(C)(=O)=O. The Morgan fingerprint density at radius 1 is 1.08 bits per heavy atom. The molecule has 0 aliphatic heterocycles. The first-order chi connectivity index (χ1) is 17.1. The first kappa shape index (κ1) is 26.5. The van der Waals surface area contributed by atoms with Crippen molar-refractivity contribution < 1.29 is 27.6 Å². The summed E-state index contributed by atoms with van der Waals surface area (Å²) in [7, 11) is -2.47. The summed E-state index contributed by atoms with van der Waals surface area (Å²) in [4.78, 5) is 23.1. The molecule has 36 heavy (non-hydrogen) atoms. The third-order valence-corrected chi connectivity index (χ3v) is 6.36. The maximum absolute atomic E-state index is 12.6. The zero-order valence-electron chi connectivity index (χ0n) is 20.1. The number of hydrogen-bond acceptors (Lipinski definition) is 7. The highest BCUT2D eigenvalue weighted by Gasteiger charge is 2.24. The lowest BCUT2D eigenvalue weighted by Gasteiger charge is -2.24. The van der Waals surface area contributed by atoms with Gasteiger partial charge < -0.3 is 14.8 Å². The standard InChI is InChI=1S/C25H27N3O7S/c1-18-5-4-6-22(15-18)35-14-13-26-25(29)20-9-7-19(8-10-20)17-27(36(3,32)33)23-16-21(28(30)31)11-12-24(23)34-2/h4-12,15-16H,13-14,17H2,1-3H3,(H,26,29). The molecule has 0 heterocycles. The van der Waals surface area contributed by atoms with E-state index in [1.807, 2.05) is 31.2 Å². The molecule has 0 unspecified atom stereocenters. The Kier molecular flexibility index (Phi) is 8.49. The number of nitrogens with one attached hydrogen (secondary N) is 1. The molecule has 0 saturated carbocycles. The molecular weight excluding hydrogens is 486 g/mol. The van der Waals surface area contributed by atoms with Gasteiger partial charge >= 0.3 is 0 Å². The second kappa shape index (κ2) is 11.5. The molecule has 0 bridgehead atoms. The van der Waals surface area contributed by atoms with Crippen molar-refractivity contribution >= 4 is 27.3 Å². The number of non-ortho nitro benzene ring substituents is 1. The first-order valence-corrected chi connectivity index (χ1v) is 12.8. The quantitative estimate of drug-likeness (QED) is 0.235. The number of rotatable bonds is 11. The molecular formula is C25H27N3O7S. The van der Waals surface area contributed by atoms with Gasteiger partial charge in [-0.3, -0.25) is 19.2 Å². The van der Waals surface area contributed by atoms with Gasteiger partial charge in [0.05, 0.1) is 31.4 Å². The molecule has 3 rings (SSSR count). The van der Waals surface area contributed by atoms with E-state index in [0.717, 1.165) is 27.9 Å². The van der Waals surface area contributed by atoms with Gasteiger partial charge in [0, 0.05) is 17.7 Å². The molecule has 0 radical (unpaired) electrons. The number of methoxy groups -OCH3 is 1. The van der Waals surface area contributed by atoms with Crippen LogP contribution in [0.1, 0.15) is 21.5 Å². The number of ether oxygens (including phenoxy) is 2. The zero-order chi connectivity index (χ0) is 26.3. The second-order valence-electron chi connectivity index (χ2n) is 8.00. The van der Waals surface area contributed by atoms with E-state index in [1.54, 1.807) is 24.3 Å². The van der Waals surface area contributed by atoms with E-state index in [4.69, 9.17) is 9.47 Å². The van der Waals surface area contributed by atoms with Gasteiger partial charge in [0.25, 0.3) is 11.6 Å². The van der Waals surface area contributed by atoms with Crippen LogP contribution in [0, 0.1) is 17.0 Å². The fourth-order valence-electron chi connectivity index (χ4n) is 3.44. The van der Waals surface area contributed by atoms with E-state index >= 15 is 0 Å². The van der Waals surface area contributed by atoms with Crippen molar-refractivity contribution in [3.05, 3.63) is 93.5 Å². The number of nitrogens with zero attached hydrogens (tertiary/aromatic N) is 2. The molecule has 0 spiro atoms. The Bertz CT molecular complexity index is 1340. The minimum Gasteiger partial charge on any atom is -0.495 e. The fourth-order valence-corrected chi connectivity index (χ4v) is 4.32. The lowest BCUT2D eigenvalue weighted by Crippen LogP contribution is -2.30. The third-order valence-electron chi connectivity index (χ3n) is 5.23. The summed E-state index contributed by atoms with van der Waals surface area (Å²) in [5, 5.41) is 14.0. The predicted octanol–water partition coefficient (Wildman–Crippen LogP) is 3.69. The number of nitro groups is 1. The Balaban J connectivity index is 1.68. The van der Waals surface area contributed by atoms with E-state index in [2.05, 4.69) is 5.32 Å². The van der Waals surface area contributed by atoms with E-state index in [0.29, 0.717) is 24.3 Å². The predicted molar refractivity (Wildman–Crippen MR) is 136 cm³/mol. The minimum absolute atomic E-state index is 0.0460. The summed E-state index contributed by atoms with van der Waals surface area (Å²) >= 11 is 0. The van der Waals surface area contributed by atoms with Crippen molar-refractivity contribution in [1.82, 2.24) is 5.32 Å². The minimum atomic E-state index is -3.82. The molecule has 0 atom stereocenters. The van der Waals surface area contributed by atoms with Gasteiger partial charge in [0.1, 0.15) is 23.8 Å². The second-order valence-corrected chi connectivity index (χ2v) is 9.91. The molecule has 3 aromatic rings. The van der Waals surface area contributed by atoms with Crippen LogP contribution in [0.3, 0.4) is 0 Å². The van der Waals surface area contributed by atoms with Crippen molar-refractivity contribution in [2.75, 3.05) is 30.8 Å².